The fourth-order valence-electron chi connectivity index (χ4n) is 2.22. The second kappa shape index (κ2) is 7.71. The molecule has 2 N–H and O–H groups in total. The molecule has 0 saturated heterocycles. The fraction of sp³-hybridized carbons (Fsp3) is 0.176. The van der Waals surface area contributed by atoms with Crippen LogP contribution in [0.25, 0.3) is 0 Å². The lowest BCUT2D eigenvalue weighted by Gasteiger charge is -2.05. The number of anilines is 1. The minimum absolute atomic E-state index is 0.114. The van der Waals surface area contributed by atoms with Crippen LogP contribution in [0.4, 0.5) is 5.13 Å². The van der Waals surface area contributed by atoms with E-state index in [9.17, 15) is 9.59 Å². The van der Waals surface area contributed by atoms with Crippen molar-refractivity contribution in [3.63, 3.8) is 0 Å². The standard InChI is InChI=1S/C17H17N5O2S/c1-18-15(23)8-14-10-25-17(20-14)21-16(24)13-4-2-12(3-5-13)9-22-7-6-19-11-22/h2-7,10-11H,8-9H2,1H3,(H,18,23)(H,20,21,24). The normalized spacial score (nSPS) is 10.4. The Morgan fingerprint density at radius 3 is 2.72 bits per heavy atom. The van der Waals surface area contributed by atoms with Crippen LogP contribution in [-0.4, -0.2) is 33.4 Å². The number of rotatable bonds is 6. The SMILES string of the molecule is CNC(=O)Cc1csc(NC(=O)c2ccc(Cn3ccnc3)cc2)n1. The highest BCUT2D eigenvalue weighted by molar-refractivity contribution is 7.14. The number of likely N-dealkylation sites (N-methyl/N-ethyl adjacent to an activating group) is 1. The molecule has 0 bridgehead atoms. The summed E-state index contributed by atoms with van der Waals surface area (Å²) in [6.45, 7) is 0.706. The van der Waals surface area contributed by atoms with Crippen molar-refractivity contribution in [2.45, 2.75) is 13.0 Å². The molecule has 2 amide bonds. The average molecular weight is 355 g/mol. The predicted molar refractivity (Wildman–Crippen MR) is 95.6 cm³/mol. The number of nitrogens with zero attached hydrogens (tertiary/aromatic N) is 3. The van der Waals surface area contributed by atoms with Gasteiger partial charge < -0.3 is 9.88 Å². The van der Waals surface area contributed by atoms with E-state index >= 15 is 0 Å². The molecule has 0 fully saturated rings. The van der Waals surface area contributed by atoms with Gasteiger partial charge in [0.1, 0.15) is 0 Å². The summed E-state index contributed by atoms with van der Waals surface area (Å²) in [7, 11) is 1.58. The van der Waals surface area contributed by atoms with E-state index in [0.29, 0.717) is 22.9 Å². The first-order valence-corrected chi connectivity index (χ1v) is 8.53. The van der Waals surface area contributed by atoms with Crippen LogP contribution >= 0.6 is 11.3 Å². The van der Waals surface area contributed by atoms with Gasteiger partial charge in [-0.1, -0.05) is 12.1 Å². The molecular weight excluding hydrogens is 338 g/mol. The van der Waals surface area contributed by atoms with Crippen molar-refractivity contribution in [2.75, 3.05) is 12.4 Å². The summed E-state index contributed by atoms with van der Waals surface area (Å²) in [5, 5.41) is 7.54. The van der Waals surface area contributed by atoms with Gasteiger partial charge in [-0.3, -0.25) is 14.9 Å². The highest BCUT2D eigenvalue weighted by Gasteiger charge is 2.11. The topological polar surface area (TPSA) is 88.9 Å². The Balaban J connectivity index is 1.60. The van der Waals surface area contributed by atoms with E-state index in [4.69, 9.17) is 0 Å². The van der Waals surface area contributed by atoms with E-state index in [0.717, 1.165) is 5.56 Å². The molecule has 25 heavy (non-hydrogen) atoms. The lowest BCUT2D eigenvalue weighted by atomic mass is 10.1. The molecule has 7 nitrogen and oxygen atoms in total. The zero-order valence-electron chi connectivity index (χ0n) is 13.6. The van der Waals surface area contributed by atoms with E-state index in [1.54, 1.807) is 37.1 Å². The van der Waals surface area contributed by atoms with E-state index in [2.05, 4.69) is 20.6 Å². The van der Waals surface area contributed by atoms with Gasteiger partial charge in [-0.2, -0.15) is 0 Å². The molecule has 0 aliphatic rings. The third-order valence-corrected chi connectivity index (χ3v) is 4.34. The second-order valence-corrected chi connectivity index (χ2v) is 6.24. The van der Waals surface area contributed by atoms with Crippen molar-refractivity contribution in [1.82, 2.24) is 19.9 Å². The Kier molecular flexibility index (Phi) is 5.20. The van der Waals surface area contributed by atoms with Gasteiger partial charge in [-0.25, -0.2) is 9.97 Å². The Hall–Kier alpha value is -3.00. The van der Waals surface area contributed by atoms with Crippen LogP contribution in [0, 0.1) is 0 Å². The van der Waals surface area contributed by atoms with Gasteiger partial charge in [0.05, 0.1) is 18.4 Å². The highest BCUT2D eigenvalue weighted by Crippen LogP contribution is 2.17. The number of aromatic nitrogens is 3. The van der Waals surface area contributed by atoms with Crippen LogP contribution in [0.5, 0.6) is 0 Å². The predicted octanol–water partition coefficient (Wildman–Crippen LogP) is 1.93. The molecule has 0 saturated carbocycles. The third-order valence-electron chi connectivity index (χ3n) is 3.53. The summed E-state index contributed by atoms with van der Waals surface area (Å²) in [6.07, 6.45) is 5.57. The molecule has 3 rings (SSSR count). The highest BCUT2D eigenvalue weighted by atomic mass is 32.1. The molecule has 0 spiro atoms. The van der Waals surface area contributed by atoms with E-state index in [1.807, 2.05) is 22.9 Å². The summed E-state index contributed by atoms with van der Waals surface area (Å²) >= 11 is 1.30. The van der Waals surface area contributed by atoms with Gasteiger partial charge in [0, 0.05) is 36.9 Å². The zero-order valence-corrected chi connectivity index (χ0v) is 14.4. The van der Waals surface area contributed by atoms with Crippen LogP contribution in [-0.2, 0) is 17.8 Å². The number of thiazole rings is 1. The number of carbonyl (C=O) groups excluding carboxylic acids is 2. The molecule has 0 radical (unpaired) electrons. The summed E-state index contributed by atoms with van der Waals surface area (Å²) in [5.41, 5.74) is 2.27. The van der Waals surface area contributed by atoms with Gasteiger partial charge >= 0.3 is 0 Å². The number of nitrogens with one attached hydrogen (secondary N) is 2. The molecule has 2 heterocycles. The maximum Gasteiger partial charge on any atom is 0.257 e. The Morgan fingerprint density at radius 1 is 1.24 bits per heavy atom. The van der Waals surface area contributed by atoms with Crippen molar-refractivity contribution in [1.29, 1.82) is 0 Å². The first-order valence-electron chi connectivity index (χ1n) is 7.65. The molecule has 2 aromatic heterocycles. The Bertz CT molecular complexity index is 856. The minimum atomic E-state index is -0.227. The first-order chi connectivity index (χ1) is 12.1. The molecule has 1 aromatic carbocycles. The summed E-state index contributed by atoms with van der Waals surface area (Å²) in [4.78, 5) is 31.9. The van der Waals surface area contributed by atoms with Crippen LogP contribution in [0.1, 0.15) is 21.6 Å². The van der Waals surface area contributed by atoms with Crippen molar-refractivity contribution in [3.05, 3.63) is 65.2 Å². The largest absolute Gasteiger partial charge is 0.359 e. The average Bonchev–Trinajstić information content (AvgIpc) is 3.27. The van der Waals surface area contributed by atoms with Gasteiger partial charge in [0.2, 0.25) is 5.91 Å². The number of benzene rings is 1. The minimum Gasteiger partial charge on any atom is -0.359 e. The monoisotopic (exact) mass is 355 g/mol. The van der Waals surface area contributed by atoms with Crippen LogP contribution in [0.2, 0.25) is 0 Å². The van der Waals surface area contributed by atoms with Gasteiger partial charge in [-0.05, 0) is 17.7 Å². The van der Waals surface area contributed by atoms with Crippen molar-refractivity contribution < 1.29 is 9.59 Å². The summed E-state index contributed by atoms with van der Waals surface area (Å²) in [6, 6.07) is 7.38. The van der Waals surface area contributed by atoms with Crippen molar-refractivity contribution in [3.8, 4) is 0 Å². The molecule has 3 aromatic rings. The van der Waals surface area contributed by atoms with Crippen LogP contribution in [0.3, 0.4) is 0 Å². The van der Waals surface area contributed by atoms with Crippen LogP contribution < -0.4 is 10.6 Å². The zero-order chi connectivity index (χ0) is 17.6. The first kappa shape index (κ1) is 16.8. The molecule has 0 unspecified atom stereocenters. The molecule has 0 aliphatic heterocycles. The second-order valence-electron chi connectivity index (χ2n) is 5.38. The lowest BCUT2D eigenvalue weighted by Crippen LogP contribution is -2.20. The molecule has 0 aliphatic carbocycles. The molecule has 128 valence electrons. The number of imidazole rings is 1. The van der Waals surface area contributed by atoms with Gasteiger partial charge in [-0.15, -0.1) is 11.3 Å². The molecule has 0 atom stereocenters. The van der Waals surface area contributed by atoms with Gasteiger partial charge in [0.15, 0.2) is 5.13 Å². The molecule has 8 heteroatoms. The smallest absolute Gasteiger partial charge is 0.257 e. The number of hydrogen-bond acceptors (Lipinski definition) is 5. The Morgan fingerprint density at radius 2 is 2.04 bits per heavy atom. The maximum atomic E-state index is 12.3. The fourth-order valence-corrected chi connectivity index (χ4v) is 2.93. The van der Waals surface area contributed by atoms with Crippen molar-refractivity contribution in [2.24, 2.45) is 0 Å². The van der Waals surface area contributed by atoms with E-state index in [1.165, 1.54) is 11.3 Å². The molecular formula is C17H17N5O2S. The third kappa shape index (κ3) is 4.51. The summed E-state index contributed by atoms with van der Waals surface area (Å²) < 4.78 is 1.96. The number of carbonyl (C=O) groups is 2. The van der Waals surface area contributed by atoms with E-state index < -0.39 is 0 Å². The number of hydrogen-bond donors (Lipinski definition) is 2. The Labute approximate surface area is 148 Å². The maximum absolute atomic E-state index is 12.3. The van der Waals surface area contributed by atoms with Crippen LogP contribution in [0.15, 0.2) is 48.4 Å². The van der Waals surface area contributed by atoms with Gasteiger partial charge in [0.25, 0.3) is 5.91 Å². The van der Waals surface area contributed by atoms with Crippen molar-refractivity contribution >= 4 is 28.3 Å². The quantitative estimate of drug-likeness (QED) is 0.707. The number of amides is 2. The van der Waals surface area contributed by atoms with E-state index in [-0.39, 0.29) is 18.2 Å². The summed E-state index contributed by atoms with van der Waals surface area (Å²) in [5.74, 6) is -0.341. The lowest BCUT2D eigenvalue weighted by molar-refractivity contribution is -0.120.